The van der Waals surface area contributed by atoms with Gasteiger partial charge in [-0.15, -0.1) is 0 Å². The van der Waals surface area contributed by atoms with Crippen LogP contribution >= 0.6 is 0 Å². The first-order valence-corrected chi connectivity index (χ1v) is 7.63. The summed E-state index contributed by atoms with van der Waals surface area (Å²) in [5.41, 5.74) is 5.05. The molecule has 1 atom stereocenters. The van der Waals surface area contributed by atoms with Gasteiger partial charge in [-0.1, -0.05) is 24.3 Å². The smallest absolute Gasteiger partial charge is 0.119 e. The monoisotopic (exact) mass is 280 g/mol. The van der Waals surface area contributed by atoms with Gasteiger partial charge in [0, 0.05) is 20.1 Å². The summed E-state index contributed by atoms with van der Waals surface area (Å²) >= 11 is 0. The highest BCUT2D eigenvalue weighted by Crippen LogP contribution is 2.44. The highest BCUT2D eigenvalue weighted by atomic mass is 16.3. The van der Waals surface area contributed by atoms with E-state index < -0.39 is 0 Å². The van der Waals surface area contributed by atoms with Crippen molar-refractivity contribution in [1.82, 2.24) is 0 Å². The zero-order valence-corrected chi connectivity index (χ0v) is 12.3. The molecule has 1 aliphatic carbocycles. The minimum absolute atomic E-state index is 0.391. The second-order valence-corrected chi connectivity index (χ2v) is 6.00. The lowest BCUT2D eigenvalue weighted by molar-refractivity contribution is 0.469. The lowest BCUT2D eigenvalue weighted by atomic mass is 10.0. The third kappa shape index (κ3) is 1.88. The molecule has 1 heterocycles. The largest absolute Gasteiger partial charge is 0.508 e. The van der Waals surface area contributed by atoms with Crippen molar-refractivity contribution < 1.29 is 5.11 Å². The van der Waals surface area contributed by atoms with Crippen LogP contribution in [0.2, 0.25) is 0 Å². The lowest BCUT2D eigenvalue weighted by Crippen LogP contribution is -2.40. The van der Waals surface area contributed by atoms with E-state index in [1.807, 2.05) is 6.07 Å². The Hall–Kier alpha value is -2.16. The molecule has 0 amide bonds. The Morgan fingerprint density at radius 3 is 2.67 bits per heavy atom. The third-order valence-electron chi connectivity index (χ3n) is 4.87. The fourth-order valence-corrected chi connectivity index (χ4v) is 3.79. The van der Waals surface area contributed by atoms with Crippen molar-refractivity contribution >= 4 is 11.4 Å². The van der Waals surface area contributed by atoms with Gasteiger partial charge >= 0.3 is 0 Å². The predicted molar refractivity (Wildman–Crippen MR) is 86.2 cm³/mol. The Labute approximate surface area is 125 Å². The van der Waals surface area contributed by atoms with Crippen LogP contribution in [0.4, 0.5) is 11.4 Å². The Kier molecular flexibility index (Phi) is 2.81. The molecule has 3 nitrogen and oxygen atoms in total. The van der Waals surface area contributed by atoms with Crippen LogP contribution < -0.4 is 9.80 Å². The first-order chi connectivity index (χ1) is 10.3. The molecule has 3 heteroatoms. The number of nitrogens with zero attached hydrogens (tertiary/aromatic N) is 2. The number of phenols is 1. The van der Waals surface area contributed by atoms with Gasteiger partial charge in [-0.05, 0) is 42.2 Å². The van der Waals surface area contributed by atoms with Crippen LogP contribution in [0.5, 0.6) is 5.75 Å². The summed E-state index contributed by atoms with van der Waals surface area (Å²) < 4.78 is 0. The van der Waals surface area contributed by atoms with Crippen LogP contribution in [0.25, 0.3) is 0 Å². The molecule has 4 rings (SSSR count). The number of aromatic hydroxyl groups is 1. The van der Waals surface area contributed by atoms with E-state index in [-0.39, 0.29) is 0 Å². The molecule has 21 heavy (non-hydrogen) atoms. The van der Waals surface area contributed by atoms with Gasteiger partial charge in [0.2, 0.25) is 0 Å². The summed E-state index contributed by atoms with van der Waals surface area (Å²) in [7, 11) is 2.16. The van der Waals surface area contributed by atoms with Gasteiger partial charge in [-0.25, -0.2) is 0 Å². The van der Waals surface area contributed by atoms with Gasteiger partial charge in [0.15, 0.2) is 0 Å². The van der Waals surface area contributed by atoms with Gasteiger partial charge in [-0.2, -0.15) is 0 Å². The topological polar surface area (TPSA) is 26.7 Å². The van der Waals surface area contributed by atoms with Crippen LogP contribution in [-0.4, -0.2) is 25.2 Å². The zero-order valence-electron chi connectivity index (χ0n) is 12.3. The van der Waals surface area contributed by atoms with E-state index in [0.29, 0.717) is 11.8 Å². The number of hydrogen-bond acceptors (Lipinski definition) is 3. The van der Waals surface area contributed by atoms with Gasteiger partial charge < -0.3 is 14.9 Å². The summed E-state index contributed by atoms with van der Waals surface area (Å²) in [6, 6.07) is 15.0. The average Bonchev–Trinajstić information content (AvgIpc) is 2.93. The maximum atomic E-state index is 10.1. The summed E-state index contributed by atoms with van der Waals surface area (Å²) in [6.07, 6.45) is 2.06. The molecule has 2 aliphatic rings. The first-order valence-electron chi connectivity index (χ1n) is 7.63. The van der Waals surface area contributed by atoms with Crippen LogP contribution in [0.3, 0.4) is 0 Å². The Balaban J connectivity index is 1.77. The van der Waals surface area contributed by atoms with E-state index in [4.69, 9.17) is 0 Å². The van der Waals surface area contributed by atoms with Crippen molar-refractivity contribution in [3.05, 3.63) is 53.6 Å². The van der Waals surface area contributed by atoms with E-state index in [1.54, 1.807) is 6.07 Å². The van der Waals surface area contributed by atoms with Crippen molar-refractivity contribution in [2.75, 3.05) is 29.9 Å². The molecule has 108 valence electrons. The predicted octanol–water partition coefficient (Wildman–Crippen LogP) is 3.34. The molecule has 2 aromatic carbocycles. The molecule has 1 unspecified atom stereocenters. The van der Waals surface area contributed by atoms with Gasteiger partial charge in [0.1, 0.15) is 5.75 Å². The molecule has 0 saturated carbocycles. The molecule has 0 spiro atoms. The second kappa shape index (κ2) is 4.69. The van der Waals surface area contributed by atoms with Crippen molar-refractivity contribution in [1.29, 1.82) is 0 Å². The van der Waals surface area contributed by atoms with Crippen molar-refractivity contribution in [3.8, 4) is 5.75 Å². The quantitative estimate of drug-likeness (QED) is 0.868. The molecular formula is C18H20N2O. The minimum atomic E-state index is 0.391. The van der Waals surface area contributed by atoms with Gasteiger partial charge in [0.25, 0.3) is 0 Å². The van der Waals surface area contributed by atoms with Crippen LogP contribution in [0.1, 0.15) is 23.6 Å². The SMILES string of the molecule is CN1CCN(C2CCc3c(O)cccc32)c2ccccc21. The van der Waals surface area contributed by atoms with E-state index in [9.17, 15) is 5.11 Å². The van der Waals surface area contributed by atoms with Crippen molar-refractivity contribution in [2.24, 2.45) is 0 Å². The van der Waals surface area contributed by atoms with E-state index >= 15 is 0 Å². The van der Waals surface area contributed by atoms with E-state index in [0.717, 1.165) is 31.5 Å². The summed E-state index contributed by atoms with van der Waals surface area (Å²) in [5, 5.41) is 10.1. The third-order valence-corrected chi connectivity index (χ3v) is 4.87. The highest BCUT2D eigenvalue weighted by molar-refractivity contribution is 5.74. The minimum Gasteiger partial charge on any atom is -0.508 e. The standard InChI is InChI=1S/C18H20N2O/c1-19-11-12-20(17-7-3-2-6-16(17)19)15-10-9-14-13(15)5-4-8-18(14)21/h2-8,15,21H,9-12H2,1H3. The molecule has 0 radical (unpaired) electrons. The van der Waals surface area contributed by atoms with Crippen LogP contribution in [0.15, 0.2) is 42.5 Å². The molecule has 2 aromatic rings. The van der Waals surface area contributed by atoms with Crippen molar-refractivity contribution in [2.45, 2.75) is 18.9 Å². The summed E-state index contributed by atoms with van der Waals surface area (Å²) in [4.78, 5) is 4.84. The van der Waals surface area contributed by atoms with Crippen LogP contribution in [-0.2, 0) is 6.42 Å². The van der Waals surface area contributed by atoms with Crippen LogP contribution in [0, 0.1) is 0 Å². The number of rotatable bonds is 1. The molecular weight excluding hydrogens is 260 g/mol. The Morgan fingerprint density at radius 1 is 1.00 bits per heavy atom. The number of hydrogen-bond donors (Lipinski definition) is 1. The number of benzene rings is 2. The Morgan fingerprint density at radius 2 is 1.81 bits per heavy atom. The lowest BCUT2D eigenvalue weighted by Gasteiger charge is -2.40. The maximum Gasteiger partial charge on any atom is 0.119 e. The fourth-order valence-electron chi connectivity index (χ4n) is 3.79. The summed E-state index contributed by atoms with van der Waals surface area (Å²) in [5.74, 6) is 0.456. The van der Waals surface area contributed by atoms with E-state index in [1.165, 1.54) is 16.9 Å². The Bertz CT molecular complexity index is 683. The molecule has 0 bridgehead atoms. The zero-order chi connectivity index (χ0) is 14.4. The second-order valence-electron chi connectivity index (χ2n) is 6.00. The number of anilines is 2. The number of phenolic OH excluding ortho intramolecular Hbond substituents is 1. The fraction of sp³-hybridized carbons (Fsp3) is 0.333. The maximum absolute atomic E-state index is 10.1. The number of fused-ring (bicyclic) bond motifs is 2. The average molecular weight is 280 g/mol. The van der Waals surface area contributed by atoms with Gasteiger partial charge in [-0.3, -0.25) is 0 Å². The molecule has 0 saturated heterocycles. The van der Waals surface area contributed by atoms with E-state index in [2.05, 4.69) is 47.2 Å². The number of likely N-dealkylation sites (N-methyl/N-ethyl adjacent to an activating group) is 1. The normalized spacial score (nSPS) is 20.3. The van der Waals surface area contributed by atoms with Crippen molar-refractivity contribution in [3.63, 3.8) is 0 Å². The first kappa shape index (κ1) is 12.6. The van der Waals surface area contributed by atoms with Gasteiger partial charge in [0.05, 0.1) is 17.4 Å². The molecule has 0 aromatic heterocycles. The molecule has 0 fully saturated rings. The highest BCUT2D eigenvalue weighted by Gasteiger charge is 2.32. The summed E-state index contributed by atoms with van der Waals surface area (Å²) in [6.45, 7) is 2.08. The molecule has 1 N–H and O–H groups in total. The number of para-hydroxylation sites is 2. The molecule has 1 aliphatic heterocycles.